The van der Waals surface area contributed by atoms with Crippen LogP contribution in [0, 0.1) is 0 Å². The molecule has 0 radical (unpaired) electrons. The van der Waals surface area contributed by atoms with E-state index in [1.165, 1.54) is 12.5 Å². The molecule has 1 unspecified atom stereocenters. The van der Waals surface area contributed by atoms with E-state index in [2.05, 4.69) is 35.6 Å². The lowest BCUT2D eigenvalue weighted by Crippen LogP contribution is -2.45. The van der Waals surface area contributed by atoms with Crippen molar-refractivity contribution in [2.24, 2.45) is 0 Å². The first-order valence-corrected chi connectivity index (χ1v) is 10.5. The zero-order valence-corrected chi connectivity index (χ0v) is 17.8. The van der Waals surface area contributed by atoms with Gasteiger partial charge in [-0.25, -0.2) is 9.78 Å². The lowest BCUT2D eigenvalue weighted by Gasteiger charge is -2.28. The van der Waals surface area contributed by atoms with E-state index in [0.29, 0.717) is 6.54 Å². The van der Waals surface area contributed by atoms with Gasteiger partial charge in [0, 0.05) is 25.4 Å². The number of urea groups is 1. The zero-order valence-electron chi connectivity index (χ0n) is 17.8. The van der Waals surface area contributed by atoms with Crippen molar-refractivity contribution in [3.63, 3.8) is 0 Å². The average molecular weight is 415 g/mol. The Morgan fingerprint density at radius 3 is 2.61 bits per heavy atom. The first-order chi connectivity index (χ1) is 15.1. The molecule has 1 aromatic heterocycles. The molecular formula is C23H26BN5O2. The zero-order chi connectivity index (χ0) is 21.8. The van der Waals surface area contributed by atoms with Crippen molar-refractivity contribution in [1.82, 2.24) is 25.5 Å². The molecule has 2 atom stereocenters. The van der Waals surface area contributed by atoms with Crippen LogP contribution in [0.15, 0.2) is 60.8 Å². The second kappa shape index (κ2) is 9.08. The van der Waals surface area contributed by atoms with Crippen LogP contribution in [-0.4, -0.2) is 48.2 Å². The van der Waals surface area contributed by atoms with Gasteiger partial charge in [0.1, 0.15) is 19.7 Å². The summed E-state index contributed by atoms with van der Waals surface area (Å²) in [5, 5.41) is 5.34. The van der Waals surface area contributed by atoms with Gasteiger partial charge in [-0.15, -0.1) is 0 Å². The van der Waals surface area contributed by atoms with Crippen LogP contribution in [0.1, 0.15) is 36.3 Å². The summed E-state index contributed by atoms with van der Waals surface area (Å²) in [7, 11) is 3.59. The summed E-state index contributed by atoms with van der Waals surface area (Å²) in [5.74, 6) is 0.638. The molecule has 1 saturated heterocycles. The number of imidazole rings is 1. The maximum absolute atomic E-state index is 13.5. The molecule has 1 aliphatic heterocycles. The summed E-state index contributed by atoms with van der Waals surface area (Å²) >= 11 is 0. The Morgan fingerprint density at radius 1 is 1.16 bits per heavy atom. The van der Waals surface area contributed by atoms with E-state index < -0.39 is 12.1 Å². The minimum atomic E-state index is -0.756. The summed E-state index contributed by atoms with van der Waals surface area (Å²) in [4.78, 5) is 35.5. The fourth-order valence-electron chi connectivity index (χ4n) is 4.00. The highest BCUT2D eigenvalue weighted by Crippen LogP contribution is 2.33. The number of nitrogens with zero attached hydrogens (tertiary/aromatic N) is 2. The minimum Gasteiger partial charge on any atom is -0.346 e. The third-order valence-electron chi connectivity index (χ3n) is 5.68. The molecule has 0 saturated carbocycles. The van der Waals surface area contributed by atoms with Crippen molar-refractivity contribution in [3.8, 4) is 11.3 Å². The molecule has 2 heterocycles. The smallest absolute Gasteiger partial charge is 0.315 e. The summed E-state index contributed by atoms with van der Waals surface area (Å²) in [6.45, 7) is 0.628. The van der Waals surface area contributed by atoms with Crippen LogP contribution in [0.3, 0.4) is 0 Å². The van der Waals surface area contributed by atoms with E-state index in [4.69, 9.17) is 4.98 Å². The predicted octanol–water partition coefficient (Wildman–Crippen LogP) is 1.67. The van der Waals surface area contributed by atoms with Gasteiger partial charge >= 0.3 is 6.03 Å². The molecule has 2 aromatic carbocycles. The van der Waals surface area contributed by atoms with Crippen molar-refractivity contribution in [1.29, 1.82) is 0 Å². The van der Waals surface area contributed by atoms with Crippen LogP contribution in [0.25, 0.3) is 11.3 Å². The second-order valence-corrected chi connectivity index (χ2v) is 7.79. The Bertz CT molecular complexity index is 1050. The van der Waals surface area contributed by atoms with Crippen LogP contribution in [0.4, 0.5) is 4.79 Å². The van der Waals surface area contributed by atoms with E-state index >= 15 is 0 Å². The van der Waals surface area contributed by atoms with Crippen LogP contribution in [0.5, 0.6) is 0 Å². The number of nitrogens with one attached hydrogen (secondary N) is 3. The van der Waals surface area contributed by atoms with E-state index in [1.807, 2.05) is 53.6 Å². The lowest BCUT2D eigenvalue weighted by molar-refractivity contribution is -0.134. The quantitative estimate of drug-likeness (QED) is 0.554. The first-order valence-electron chi connectivity index (χ1n) is 10.5. The third-order valence-corrected chi connectivity index (χ3v) is 5.68. The Hall–Kier alpha value is -3.55. The fraction of sp³-hybridized carbons (Fsp3) is 0.261. The number of aromatic amines is 1. The molecule has 4 rings (SSSR count). The number of H-pyrrole nitrogens is 1. The van der Waals surface area contributed by atoms with Crippen LogP contribution < -0.4 is 16.1 Å². The lowest BCUT2D eigenvalue weighted by atomic mass is 9.95. The molecule has 0 spiro atoms. The van der Waals surface area contributed by atoms with Gasteiger partial charge in [0.15, 0.2) is 0 Å². The Labute approximate surface area is 182 Å². The number of aromatic nitrogens is 2. The molecule has 0 bridgehead atoms. The Balaban J connectivity index is 1.58. The molecule has 1 aliphatic rings. The van der Waals surface area contributed by atoms with Gasteiger partial charge in [-0.1, -0.05) is 60.1 Å². The Kier molecular flexibility index (Phi) is 6.07. The van der Waals surface area contributed by atoms with E-state index in [0.717, 1.165) is 35.5 Å². The number of amides is 3. The maximum atomic E-state index is 13.5. The molecule has 0 aliphatic carbocycles. The maximum Gasteiger partial charge on any atom is 0.315 e. The van der Waals surface area contributed by atoms with Gasteiger partial charge < -0.3 is 20.5 Å². The highest BCUT2D eigenvalue weighted by atomic mass is 16.2. The molecule has 31 heavy (non-hydrogen) atoms. The molecule has 3 N–H and O–H groups in total. The van der Waals surface area contributed by atoms with Crippen molar-refractivity contribution < 1.29 is 9.59 Å². The highest BCUT2D eigenvalue weighted by Gasteiger charge is 2.36. The summed E-state index contributed by atoms with van der Waals surface area (Å²) in [6.07, 6.45) is 3.60. The summed E-state index contributed by atoms with van der Waals surface area (Å²) in [5.41, 5.74) is 3.84. The number of carbonyl (C=O) groups is 2. The minimum absolute atomic E-state index is 0.134. The average Bonchev–Trinajstić information content (AvgIpc) is 3.47. The third kappa shape index (κ3) is 4.48. The van der Waals surface area contributed by atoms with Crippen molar-refractivity contribution in [2.45, 2.75) is 24.9 Å². The number of benzene rings is 2. The fourth-order valence-corrected chi connectivity index (χ4v) is 4.00. The van der Waals surface area contributed by atoms with Gasteiger partial charge in [-0.05, 0) is 18.4 Å². The summed E-state index contributed by atoms with van der Waals surface area (Å²) < 4.78 is 0. The first kappa shape index (κ1) is 20.7. The van der Waals surface area contributed by atoms with Crippen molar-refractivity contribution in [3.05, 3.63) is 72.2 Å². The molecular weight excluding hydrogens is 389 g/mol. The molecule has 1 fully saturated rings. The van der Waals surface area contributed by atoms with E-state index in [-0.39, 0.29) is 11.9 Å². The van der Waals surface area contributed by atoms with Crippen LogP contribution in [0.2, 0.25) is 0 Å². The molecule has 3 amide bonds. The summed E-state index contributed by atoms with van der Waals surface area (Å²) in [6, 6.07) is 16.2. The number of hydrogen-bond acceptors (Lipinski definition) is 3. The molecule has 8 heteroatoms. The molecule has 7 nitrogen and oxygen atoms in total. The van der Waals surface area contributed by atoms with Crippen LogP contribution in [-0.2, 0) is 4.79 Å². The Morgan fingerprint density at radius 2 is 1.90 bits per heavy atom. The van der Waals surface area contributed by atoms with E-state index in [1.54, 1.807) is 0 Å². The van der Waals surface area contributed by atoms with Crippen LogP contribution >= 0.6 is 0 Å². The van der Waals surface area contributed by atoms with E-state index in [9.17, 15) is 9.59 Å². The standard InChI is InChI=1S/C23H26BN5O2/c1-25-23(31)28-20(16-6-3-2-4-7-16)22(30)29-13-5-8-19(29)21-26-14-18(27-21)15-9-11-17(24)12-10-15/h2-4,6-7,9-12,14,19-20H,5,8,13,24H2,1H3,(H,26,27)(H2,25,28,31)/t19-,20?/m0/s1. The monoisotopic (exact) mass is 415 g/mol. The van der Waals surface area contributed by atoms with Crippen molar-refractivity contribution >= 4 is 25.2 Å². The highest BCUT2D eigenvalue weighted by molar-refractivity contribution is 6.32. The van der Waals surface area contributed by atoms with Gasteiger partial charge in [-0.2, -0.15) is 0 Å². The topological polar surface area (TPSA) is 90.1 Å². The molecule has 158 valence electrons. The number of carbonyl (C=O) groups excluding carboxylic acids is 2. The van der Waals surface area contributed by atoms with Gasteiger partial charge in [0.05, 0.1) is 11.7 Å². The van der Waals surface area contributed by atoms with Gasteiger partial charge in [0.2, 0.25) is 5.91 Å². The van der Waals surface area contributed by atoms with Gasteiger partial charge in [-0.3, -0.25) is 4.79 Å². The number of hydrogen-bond donors (Lipinski definition) is 3. The van der Waals surface area contributed by atoms with Crippen molar-refractivity contribution in [2.75, 3.05) is 13.6 Å². The molecule has 3 aromatic rings. The number of likely N-dealkylation sites (tertiary alicyclic amines) is 1. The predicted molar refractivity (Wildman–Crippen MR) is 123 cm³/mol. The largest absolute Gasteiger partial charge is 0.346 e. The SMILES string of the molecule is Bc1ccc(-c2c[nH]c([C@@H]3CCCN3C(=O)C(NC(=O)NC)c3ccccc3)n2)cc1. The second-order valence-electron chi connectivity index (χ2n) is 7.79. The normalized spacial score (nSPS) is 16.7. The number of rotatable bonds is 5. The van der Waals surface area contributed by atoms with Gasteiger partial charge in [0.25, 0.3) is 0 Å².